The molecule has 0 unspecified atom stereocenters. The van der Waals surface area contributed by atoms with Crippen molar-refractivity contribution in [1.82, 2.24) is 19.6 Å². The maximum atomic E-state index is 11.6. The van der Waals surface area contributed by atoms with E-state index in [9.17, 15) is 4.79 Å². The highest BCUT2D eigenvalue weighted by Gasteiger charge is 2.18. The van der Waals surface area contributed by atoms with E-state index < -0.39 is 6.16 Å². The molecule has 0 amide bonds. The Hall–Kier alpha value is -2.87. The molecule has 3 heterocycles. The van der Waals surface area contributed by atoms with Crippen LogP contribution in [0.3, 0.4) is 0 Å². The van der Waals surface area contributed by atoms with E-state index in [4.69, 9.17) is 21.1 Å². The number of hydrogen-bond acceptors (Lipinski definition) is 7. The highest BCUT2D eigenvalue weighted by molar-refractivity contribution is 6.29. The zero-order chi connectivity index (χ0) is 17.8. The molecule has 1 N–H and O–H groups in total. The van der Waals surface area contributed by atoms with Crippen LogP contribution in [0.5, 0.6) is 5.75 Å². The van der Waals surface area contributed by atoms with Gasteiger partial charge in [-0.25, -0.2) is 19.3 Å². The Morgan fingerprint density at radius 3 is 2.84 bits per heavy atom. The number of ether oxygens (including phenoxy) is 2. The Labute approximate surface area is 148 Å². The summed E-state index contributed by atoms with van der Waals surface area (Å²) in [4.78, 5) is 20.0. The van der Waals surface area contributed by atoms with Gasteiger partial charge < -0.3 is 14.8 Å². The van der Waals surface area contributed by atoms with Crippen LogP contribution in [0.15, 0.2) is 30.9 Å². The summed E-state index contributed by atoms with van der Waals surface area (Å²) in [5.41, 5.74) is 2.22. The average molecular weight is 362 g/mol. The lowest BCUT2D eigenvalue weighted by Gasteiger charge is -2.08. The van der Waals surface area contributed by atoms with Gasteiger partial charge in [0.1, 0.15) is 17.0 Å². The standard InChI is InChI=1S/C16H16ClN5O3/c1-3-11-12(25-16(23)24-4-2)8-22-14(11)15(19-9-20-22)21-10-5-6-13(17)18-7-10/h5-9H,3-4H2,1-2H3,(H,19,20,21). The molecule has 130 valence electrons. The highest BCUT2D eigenvalue weighted by atomic mass is 35.5. The van der Waals surface area contributed by atoms with Crippen LogP contribution < -0.4 is 10.1 Å². The molecule has 8 nitrogen and oxygen atoms in total. The number of pyridine rings is 1. The minimum absolute atomic E-state index is 0.240. The Bertz CT molecular complexity index is 895. The maximum absolute atomic E-state index is 11.6. The minimum atomic E-state index is -0.752. The zero-order valence-electron chi connectivity index (χ0n) is 13.7. The number of carbonyl (C=O) groups is 1. The molecule has 0 spiro atoms. The third kappa shape index (κ3) is 3.63. The second-order valence-electron chi connectivity index (χ2n) is 5.01. The van der Waals surface area contributed by atoms with Crippen LogP contribution in [0.4, 0.5) is 16.3 Å². The van der Waals surface area contributed by atoms with Gasteiger partial charge in [0.2, 0.25) is 0 Å². The van der Waals surface area contributed by atoms with Crippen molar-refractivity contribution in [1.29, 1.82) is 0 Å². The zero-order valence-corrected chi connectivity index (χ0v) is 14.4. The second-order valence-corrected chi connectivity index (χ2v) is 5.39. The second kappa shape index (κ2) is 7.35. The van der Waals surface area contributed by atoms with Crippen LogP contribution in [-0.4, -0.2) is 32.3 Å². The van der Waals surface area contributed by atoms with E-state index in [1.54, 1.807) is 36.0 Å². The fourth-order valence-electron chi connectivity index (χ4n) is 2.40. The van der Waals surface area contributed by atoms with Gasteiger partial charge in [-0.2, -0.15) is 5.10 Å². The van der Waals surface area contributed by atoms with Crippen molar-refractivity contribution in [2.75, 3.05) is 11.9 Å². The number of anilines is 2. The molecular formula is C16H16ClN5O3. The third-order valence-corrected chi connectivity index (χ3v) is 3.66. The largest absolute Gasteiger partial charge is 0.513 e. The number of aryl methyl sites for hydroxylation is 1. The molecule has 0 aliphatic heterocycles. The van der Waals surface area contributed by atoms with E-state index >= 15 is 0 Å². The summed E-state index contributed by atoms with van der Waals surface area (Å²) in [5.74, 6) is 0.952. The van der Waals surface area contributed by atoms with Crippen LogP contribution >= 0.6 is 11.6 Å². The Kier molecular flexibility index (Phi) is 4.99. The Morgan fingerprint density at radius 2 is 2.16 bits per heavy atom. The van der Waals surface area contributed by atoms with E-state index in [-0.39, 0.29) is 6.61 Å². The van der Waals surface area contributed by atoms with Gasteiger partial charge in [-0.1, -0.05) is 18.5 Å². The Morgan fingerprint density at radius 1 is 1.32 bits per heavy atom. The minimum Gasteiger partial charge on any atom is -0.434 e. The van der Waals surface area contributed by atoms with E-state index in [1.165, 1.54) is 6.33 Å². The van der Waals surface area contributed by atoms with Crippen molar-refractivity contribution in [2.24, 2.45) is 0 Å². The summed E-state index contributed by atoms with van der Waals surface area (Å²) < 4.78 is 11.7. The Balaban J connectivity index is 2.00. The number of rotatable bonds is 5. The van der Waals surface area contributed by atoms with E-state index in [1.807, 2.05) is 6.92 Å². The van der Waals surface area contributed by atoms with Gasteiger partial charge in [0, 0.05) is 5.56 Å². The number of nitrogens with one attached hydrogen (secondary N) is 1. The molecule has 0 saturated heterocycles. The molecule has 25 heavy (non-hydrogen) atoms. The van der Waals surface area contributed by atoms with Gasteiger partial charge in [0.25, 0.3) is 0 Å². The molecule has 3 rings (SSSR count). The molecular weight excluding hydrogens is 346 g/mol. The van der Waals surface area contributed by atoms with Crippen molar-refractivity contribution in [3.8, 4) is 5.75 Å². The number of halogens is 1. The molecule has 0 fully saturated rings. The van der Waals surface area contributed by atoms with Gasteiger partial charge in [0.15, 0.2) is 11.6 Å². The topological polar surface area (TPSA) is 90.6 Å². The van der Waals surface area contributed by atoms with E-state index in [0.29, 0.717) is 28.7 Å². The first-order valence-electron chi connectivity index (χ1n) is 7.70. The molecule has 0 atom stereocenters. The summed E-state index contributed by atoms with van der Waals surface area (Å²) >= 11 is 5.81. The van der Waals surface area contributed by atoms with Crippen LogP contribution in [0.1, 0.15) is 19.4 Å². The fraction of sp³-hybridized carbons (Fsp3) is 0.250. The van der Waals surface area contributed by atoms with Crippen molar-refractivity contribution in [3.05, 3.63) is 41.6 Å². The molecule has 0 saturated carbocycles. The SMILES string of the molecule is CCOC(=O)Oc1cn2ncnc(Nc3ccc(Cl)nc3)c2c1CC. The predicted molar refractivity (Wildman–Crippen MR) is 92.5 cm³/mol. The van der Waals surface area contributed by atoms with Gasteiger partial charge in [-0.15, -0.1) is 0 Å². The lowest BCUT2D eigenvalue weighted by atomic mass is 10.2. The molecule has 0 radical (unpaired) electrons. The van der Waals surface area contributed by atoms with E-state index in [2.05, 4.69) is 20.4 Å². The molecule has 3 aromatic rings. The summed E-state index contributed by atoms with van der Waals surface area (Å²) in [6.07, 6.45) is 4.50. The quantitative estimate of drug-likeness (QED) is 0.548. The summed E-state index contributed by atoms with van der Waals surface area (Å²) in [7, 11) is 0. The predicted octanol–water partition coefficient (Wildman–Crippen LogP) is 3.62. The smallest absolute Gasteiger partial charge is 0.434 e. The monoisotopic (exact) mass is 361 g/mol. The molecule has 0 aliphatic carbocycles. The maximum Gasteiger partial charge on any atom is 0.513 e. The first-order valence-corrected chi connectivity index (χ1v) is 8.08. The van der Waals surface area contributed by atoms with Gasteiger partial charge >= 0.3 is 6.16 Å². The van der Waals surface area contributed by atoms with Crippen LogP contribution in [-0.2, 0) is 11.2 Å². The van der Waals surface area contributed by atoms with Gasteiger partial charge in [0.05, 0.1) is 24.7 Å². The van der Waals surface area contributed by atoms with Crippen molar-refractivity contribution in [2.45, 2.75) is 20.3 Å². The fourth-order valence-corrected chi connectivity index (χ4v) is 2.51. The molecule has 9 heteroatoms. The molecule has 0 bridgehead atoms. The van der Waals surface area contributed by atoms with Gasteiger partial charge in [-0.3, -0.25) is 0 Å². The molecule has 0 aliphatic rings. The number of carbonyl (C=O) groups excluding carboxylic acids is 1. The van der Waals surface area contributed by atoms with Crippen molar-refractivity contribution >= 4 is 34.8 Å². The highest BCUT2D eigenvalue weighted by Crippen LogP contribution is 2.31. The summed E-state index contributed by atoms with van der Waals surface area (Å²) in [6, 6.07) is 3.47. The summed E-state index contributed by atoms with van der Waals surface area (Å²) in [5, 5.41) is 7.76. The summed E-state index contributed by atoms with van der Waals surface area (Å²) in [6.45, 7) is 3.91. The average Bonchev–Trinajstić information content (AvgIpc) is 2.95. The van der Waals surface area contributed by atoms with Crippen molar-refractivity contribution < 1.29 is 14.3 Å². The lowest BCUT2D eigenvalue weighted by molar-refractivity contribution is 0.104. The molecule has 3 aromatic heterocycles. The van der Waals surface area contributed by atoms with Gasteiger partial charge in [-0.05, 0) is 25.5 Å². The van der Waals surface area contributed by atoms with Crippen LogP contribution in [0, 0.1) is 0 Å². The lowest BCUT2D eigenvalue weighted by Crippen LogP contribution is -2.10. The number of aromatic nitrogens is 4. The van der Waals surface area contributed by atoms with Crippen molar-refractivity contribution in [3.63, 3.8) is 0 Å². The normalized spacial score (nSPS) is 10.7. The van der Waals surface area contributed by atoms with E-state index in [0.717, 1.165) is 11.3 Å². The van der Waals surface area contributed by atoms with Crippen LogP contribution in [0.2, 0.25) is 5.15 Å². The van der Waals surface area contributed by atoms with Crippen LogP contribution in [0.25, 0.3) is 5.52 Å². The third-order valence-electron chi connectivity index (χ3n) is 3.44. The first kappa shape index (κ1) is 17.0. The number of nitrogens with zero attached hydrogens (tertiary/aromatic N) is 4. The number of fused-ring (bicyclic) bond motifs is 1. The number of hydrogen-bond donors (Lipinski definition) is 1. The molecule has 0 aromatic carbocycles. The first-order chi connectivity index (χ1) is 12.1.